The van der Waals surface area contributed by atoms with Gasteiger partial charge in [-0.2, -0.15) is 0 Å². The van der Waals surface area contributed by atoms with Crippen LogP contribution < -0.4 is 0 Å². The molecule has 0 saturated heterocycles. The van der Waals surface area contributed by atoms with Crippen molar-refractivity contribution in [1.82, 2.24) is 4.57 Å². The van der Waals surface area contributed by atoms with Gasteiger partial charge < -0.3 is 4.57 Å². The minimum absolute atomic E-state index is 0.00117. The molecular formula is C15H15Cl2NO. The molecule has 0 atom stereocenters. The third-order valence-corrected chi connectivity index (χ3v) is 3.99. The van der Waals surface area contributed by atoms with Crippen molar-refractivity contribution in [3.63, 3.8) is 0 Å². The lowest BCUT2D eigenvalue weighted by molar-refractivity contribution is 0.102. The molecule has 4 heteroatoms. The van der Waals surface area contributed by atoms with Gasteiger partial charge in [-0.15, -0.1) is 11.6 Å². The molecule has 0 bridgehead atoms. The Morgan fingerprint density at radius 2 is 1.95 bits per heavy atom. The fraction of sp³-hybridized carbons (Fsp3) is 0.267. The summed E-state index contributed by atoms with van der Waals surface area (Å²) < 4.78 is 2.04. The number of carbonyl (C=O) groups excluding carboxylic acids is 1. The molecule has 0 aliphatic rings. The molecule has 0 radical (unpaired) electrons. The van der Waals surface area contributed by atoms with E-state index < -0.39 is 0 Å². The van der Waals surface area contributed by atoms with Gasteiger partial charge in [0.15, 0.2) is 5.78 Å². The number of ketones is 1. The van der Waals surface area contributed by atoms with E-state index in [2.05, 4.69) is 0 Å². The highest BCUT2D eigenvalue weighted by Crippen LogP contribution is 2.27. The Labute approximate surface area is 123 Å². The molecule has 0 unspecified atom stereocenters. The first-order valence-corrected chi connectivity index (χ1v) is 6.92. The number of Topliss-reactive ketones (excluding diaryl/α,β-unsaturated/α-hetero) is 1. The quantitative estimate of drug-likeness (QED) is 0.604. The standard InChI is InChI=1S/C15H15Cl2NO/c1-9-7-12(15(19)8-16)11(3)18(9)14-6-4-5-13(17)10(14)2/h4-7H,8H2,1-3H3. The van der Waals surface area contributed by atoms with E-state index in [1.165, 1.54) is 0 Å². The highest BCUT2D eigenvalue weighted by Gasteiger charge is 2.17. The predicted molar refractivity (Wildman–Crippen MR) is 80.0 cm³/mol. The van der Waals surface area contributed by atoms with Crippen LogP contribution >= 0.6 is 23.2 Å². The van der Waals surface area contributed by atoms with E-state index in [9.17, 15) is 4.79 Å². The van der Waals surface area contributed by atoms with Crippen molar-refractivity contribution in [3.8, 4) is 5.69 Å². The molecule has 19 heavy (non-hydrogen) atoms. The van der Waals surface area contributed by atoms with Crippen molar-refractivity contribution in [2.45, 2.75) is 20.8 Å². The molecule has 0 saturated carbocycles. The fourth-order valence-corrected chi connectivity index (χ4v) is 2.64. The zero-order chi connectivity index (χ0) is 14.2. The zero-order valence-electron chi connectivity index (χ0n) is 11.1. The van der Waals surface area contributed by atoms with Crippen LogP contribution in [0.1, 0.15) is 27.3 Å². The molecule has 100 valence electrons. The maximum Gasteiger partial charge on any atom is 0.179 e. The van der Waals surface area contributed by atoms with Crippen LogP contribution in [0.25, 0.3) is 5.69 Å². The number of nitrogens with zero attached hydrogens (tertiary/aromatic N) is 1. The molecule has 1 heterocycles. The first-order valence-electron chi connectivity index (χ1n) is 6.01. The summed E-state index contributed by atoms with van der Waals surface area (Å²) in [6.45, 7) is 5.87. The molecule has 1 aromatic heterocycles. The van der Waals surface area contributed by atoms with Gasteiger partial charge >= 0.3 is 0 Å². The van der Waals surface area contributed by atoms with Crippen LogP contribution in [-0.2, 0) is 0 Å². The molecule has 0 fully saturated rings. The van der Waals surface area contributed by atoms with Crippen LogP contribution in [0.4, 0.5) is 0 Å². The van der Waals surface area contributed by atoms with Crippen LogP contribution in [0.2, 0.25) is 5.02 Å². The lowest BCUT2D eigenvalue weighted by Crippen LogP contribution is -2.05. The Morgan fingerprint density at radius 3 is 2.58 bits per heavy atom. The van der Waals surface area contributed by atoms with Crippen molar-refractivity contribution in [3.05, 3.63) is 51.8 Å². The lowest BCUT2D eigenvalue weighted by Gasteiger charge is -2.13. The van der Waals surface area contributed by atoms with Crippen LogP contribution in [0, 0.1) is 20.8 Å². The number of hydrogen-bond donors (Lipinski definition) is 0. The average Bonchev–Trinajstić information content (AvgIpc) is 2.68. The van der Waals surface area contributed by atoms with Gasteiger partial charge in [-0.3, -0.25) is 4.79 Å². The minimum Gasteiger partial charge on any atom is -0.317 e. The average molecular weight is 296 g/mol. The van der Waals surface area contributed by atoms with E-state index in [4.69, 9.17) is 23.2 Å². The molecule has 0 spiro atoms. The van der Waals surface area contributed by atoms with Crippen molar-refractivity contribution in [1.29, 1.82) is 0 Å². The normalized spacial score (nSPS) is 10.8. The maximum absolute atomic E-state index is 11.8. The summed E-state index contributed by atoms with van der Waals surface area (Å²) in [7, 11) is 0. The first kappa shape index (κ1) is 14.2. The number of benzene rings is 1. The number of halogens is 2. The van der Waals surface area contributed by atoms with E-state index in [-0.39, 0.29) is 11.7 Å². The van der Waals surface area contributed by atoms with Gasteiger partial charge in [-0.05, 0) is 44.5 Å². The van der Waals surface area contributed by atoms with Crippen molar-refractivity contribution in [2.75, 3.05) is 5.88 Å². The Bertz CT molecular complexity index is 644. The largest absolute Gasteiger partial charge is 0.317 e. The van der Waals surface area contributed by atoms with E-state index in [0.29, 0.717) is 5.56 Å². The number of alkyl halides is 1. The second-order valence-corrected chi connectivity index (χ2v) is 5.24. The molecular weight excluding hydrogens is 281 g/mol. The highest BCUT2D eigenvalue weighted by atomic mass is 35.5. The second-order valence-electron chi connectivity index (χ2n) is 4.56. The van der Waals surface area contributed by atoms with Gasteiger partial charge in [0.25, 0.3) is 0 Å². The SMILES string of the molecule is Cc1c(Cl)cccc1-n1c(C)cc(C(=O)CCl)c1C. The van der Waals surface area contributed by atoms with Crippen molar-refractivity contribution in [2.24, 2.45) is 0 Å². The Kier molecular flexibility index (Phi) is 4.02. The van der Waals surface area contributed by atoms with Gasteiger partial charge in [-0.1, -0.05) is 17.7 Å². The molecule has 1 aromatic carbocycles. The predicted octanol–water partition coefficient (Wildman–Crippen LogP) is 4.48. The van der Waals surface area contributed by atoms with E-state index in [1.54, 1.807) is 0 Å². The summed E-state index contributed by atoms with van der Waals surface area (Å²) in [4.78, 5) is 11.8. The summed E-state index contributed by atoms with van der Waals surface area (Å²) in [5, 5.41) is 0.718. The first-order chi connectivity index (χ1) is 8.97. The van der Waals surface area contributed by atoms with Gasteiger partial charge in [0.2, 0.25) is 0 Å². The number of rotatable bonds is 3. The monoisotopic (exact) mass is 295 g/mol. The highest BCUT2D eigenvalue weighted by molar-refractivity contribution is 6.31. The van der Waals surface area contributed by atoms with Crippen molar-refractivity contribution >= 4 is 29.0 Å². The van der Waals surface area contributed by atoms with E-state index in [1.807, 2.05) is 49.6 Å². The summed E-state index contributed by atoms with van der Waals surface area (Å²) in [5.74, 6) is -0.0561. The van der Waals surface area contributed by atoms with Gasteiger partial charge in [-0.25, -0.2) is 0 Å². The van der Waals surface area contributed by atoms with Gasteiger partial charge in [0, 0.05) is 27.7 Å². The third kappa shape index (κ3) is 2.43. The molecule has 2 aromatic rings. The lowest BCUT2D eigenvalue weighted by atomic mass is 10.1. The van der Waals surface area contributed by atoms with E-state index >= 15 is 0 Å². The molecule has 2 nitrogen and oxygen atoms in total. The molecule has 0 N–H and O–H groups in total. The topological polar surface area (TPSA) is 22.0 Å². The van der Waals surface area contributed by atoms with Crippen LogP contribution in [-0.4, -0.2) is 16.2 Å². The number of aromatic nitrogens is 1. The van der Waals surface area contributed by atoms with Crippen LogP contribution in [0.5, 0.6) is 0 Å². The van der Waals surface area contributed by atoms with Gasteiger partial charge in [0.05, 0.1) is 5.88 Å². The fourth-order valence-electron chi connectivity index (χ4n) is 2.33. The molecule has 0 amide bonds. The summed E-state index contributed by atoms with van der Waals surface area (Å²) in [6.07, 6.45) is 0. The second kappa shape index (κ2) is 5.40. The number of hydrogen-bond acceptors (Lipinski definition) is 1. The molecule has 0 aliphatic heterocycles. The molecule has 0 aliphatic carbocycles. The number of aryl methyl sites for hydroxylation is 1. The third-order valence-electron chi connectivity index (χ3n) is 3.33. The maximum atomic E-state index is 11.8. The Hall–Kier alpha value is -1.25. The van der Waals surface area contributed by atoms with Crippen LogP contribution in [0.15, 0.2) is 24.3 Å². The van der Waals surface area contributed by atoms with Crippen molar-refractivity contribution < 1.29 is 4.79 Å². The Morgan fingerprint density at radius 1 is 1.26 bits per heavy atom. The van der Waals surface area contributed by atoms with Crippen LogP contribution in [0.3, 0.4) is 0 Å². The van der Waals surface area contributed by atoms with E-state index in [0.717, 1.165) is 27.7 Å². The smallest absolute Gasteiger partial charge is 0.179 e. The Balaban J connectivity index is 2.67. The summed E-state index contributed by atoms with van der Waals surface area (Å²) in [6, 6.07) is 7.64. The zero-order valence-corrected chi connectivity index (χ0v) is 12.6. The number of carbonyl (C=O) groups is 1. The van der Waals surface area contributed by atoms with Gasteiger partial charge in [0.1, 0.15) is 0 Å². The molecule has 2 rings (SSSR count). The summed E-state index contributed by atoms with van der Waals surface area (Å²) in [5.41, 5.74) is 4.56. The minimum atomic E-state index is -0.0549. The summed E-state index contributed by atoms with van der Waals surface area (Å²) >= 11 is 11.8.